The molecule has 0 unspecified atom stereocenters. The number of ether oxygens (including phenoxy) is 1. The molecular weight excluding hydrogens is 344 g/mol. The van der Waals surface area contributed by atoms with E-state index in [0.29, 0.717) is 27.5 Å². The second-order valence-electron chi connectivity index (χ2n) is 5.73. The molecule has 1 atom stereocenters. The summed E-state index contributed by atoms with van der Waals surface area (Å²) in [7, 11) is 0. The molecule has 0 spiro atoms. The number of hydrogen-bond donors (Lipinski definition) is 2. The van der Waals surface area contributed by atoms with Gasteiger partial charge in [0.1, 0.15) is 5.69 Å². The minimum atomic E-state index is -1.02. The van der Waals surface area contributed by atoms with E-state index in [0.717, 1.165) is 0 Å². The SMILES string of the molecule is CC(=O)c1c(C)[nH]c(C(=O)O[C@H](C)C(=O)Nc2cccc(Cl)c2)c1C. The Bertz CT molecular complexity index is 842. The van der Waals surface area contributed by atoms with E-state index in [-0.39, 0.29) is 11.5 Å². The number of carbonyl (C=O) groups is 3. The first-order valence-electron chi connectivity index (χ1n) is 7.68. The van der Waals surface area contributed by atoms with E-state index in [1.165, 1.54) is 13.8 Å². The van der Waals surface area contributed by atoms with Crippen LogP contribution in [0.4, 0.5) is 5.69 Å². The first-order valence-corrected chi connectivity index (χ1v) is 8.06. The number of amides is 1. The second kappa shape index (κ2) is 7.53. The zero-order chi connectivity index (χ0) is 18.7. The van der Waals surface area contributed by atoms with Crippen molar-refractivity contribution in [2.75, 3.05) is 5.32 Å². The van der Waals surface area contributed by atoms with Crippen LogP contribution in [0.3, 0.4) is 0 Å². The molecule has 2 aromatic rings. The third kappa shape index (κ3) is 4.28. The molecule has 2 N–H and O–H groups in total. The highest BCUT2D eigenvalue weighted by atomic mass is 35.5. The van der Waals surface area contributed by atoms with Gasteiger partial charge in [0.25, 0.3) is 5.91 Å². The lowest BCUT2D eigenvalue weighted by molar-refractivity contribution is -0.123. The van der Waals surface area contributed by atoms with Crippen molar-refractivity contribution in [1.82, 2.24) is 4.98 Å². The average molecular weight is 363 g/mol. The summed E-state index contributed by atoms with van der Waals surface area (Å²) in [6.45, 7) is 6.26. The molecule has 25 heavy (non-hydrogen) atoms. The van der Waals surface area contributed by atoms with E-state index < -0.39 is 18.0 Å². The van der Waals surface area contributed by atoms with Gasteiger partial charge in [-0.05, 0) is 51.5 Å². The van der Waals surface area contributed by atoms with Crippen LogP contribution in [0.15, 0.2) is 24.3 Å². The predicted octanol–water partition coefficient (Wildman–Crippen LogP) is 3.67. The van der Waals surface area contributed by atoms with E-state index >= 15 is 0 Å². The number of ketones is 1. The van der Waals surface area contributed by atoms with Gasteiger partial charge in [-0.1, -0.05) is 17.7 Å². The highest BCUT2D eigenvalue weighted by Crippen LogP contribution is 2.20. The Morgan fingerprint density at radius 1 is 1.24 bits per heavy atom. The molecule has 0 radical (unpaired) electrons. The van der Waals surface area contributed by atoms with E-state index in [1.54, 1.807) is 38.1 Å². The Balaban J connectivity index is 2.08. The lowest BCUT2D eigenvalue weighted by atomic mass is 10.1. The van der Waals surface area contributed by atoms with Gasteiger partial charge < -0.3 is 15.0 Å². The Hall–Kier alpha value is -2.60. The molecule has 1 aromatic heterocycles. The maximum absolute atomic E-state index is 12.3. The smallest absolute Gasteiger partial charge is 0.355 e. The third-order valence-corrected chi connectivity index (χ3v) is 3.97. The van der Waals surface area contributed by atoms with Crippen LogP contribution < -0.4 is 5.32 Å². The number of carbonyl (C=O) groups excluding carboxylic acids is 3. The number of benzene rings is 1. The van der Waals surface area contributed by atoms with Gasteiger partial charge in [0.05, 0.1) is 0 Å². The summed E-state index contributed by atoms with van der Waals surface area (Å²) in [4.78, 5) is 39.0. The van der Waals surface area contributed by atoms with Crippen LogP contribution in [0.25, 0.3) is 0 Å². The van der Waals surface area contributed by atoms with Crippen molar-refractivity contribution >= 4 is 34.9 Å². The van der Waals surface area contributed by atoms with Crippen molar-refractivity contribution < 1.29 is 19.1 Å². The number of rotatable bonds is 5. The molecule has 0 saturated heterocycles. The fourth-order valence-electron chi connectivity index (χ4n) is 2.57. The van der Waals surface area contributed by atoms with Crippen LogP contribution in [0.1, 0.15) is 46.0 Å². The van der Waals surface area contributed by atoms with E-state index in [2.05, 4.69) is 10.3 Å². The van der Waals surface area contributed by atoms with Gasteiger partial charge in [0.15, 0.2) is 11.9 Å². The standard InChI is InChI=1S/C18H19ClN2O4/c1-9-15(11(3)22)10(2)20-16(9)18(24)25-12(4)17(23)21-14-7-5-6-13(19)8-14/h5-8,12,20H,1-4H3,(H,21,23)/t12-/m1/s1. The molecule has 0 aliphatic carbocycles. The maximum Gasteiger partial charge on any atom is 0.355 e. The zero-order valence-corrected chi connectivity index (χ0v) is 15.2. The number of hydrogen-bond acceptors (Lipinski definition) is 4. The van der Waals surface area contributed by atoms with Gasteiger partial charge in [0.2, 0.25) is 0 Å². The summed E-state index contributed by atoms with van der Waals surface area (Å²) in [6, 6.07) is 6.65. The van der Waals surface area contributed by atoms with Crippen molar-refractivity contribution in [2.45, 2.75) is 33.8 Å². The number of aromatic nitrogens is 1. The number of Topliss-reactive ketones (excluding diaryl/α,β-unsaturated/α-hetero) is 1. The first-order chi connectivity index (χ1) is 11.7. The Morgan fingerprint density at radius 3 is 2.48 bits per heavy atom. The maximum atomic E-state index is 12.3. The van der Waals surface area contributed by atoms with Crippen molar-refractivity contribution in [3.05, 3.63) is 51.8 Å². The van der Waals surface area contributed by atoms with Gasteiger partial charge >= 0.3 is 5.97 Å². The van der Waals surface area contributed by atoms with Crippen LogP contribution >= 0.6 is 11.6 Å². The minimum absolute atomic E-state index is 0.142. The Morgan fingerprint density at radius 2 is 1.92 bits per heavy atom. The molecule has 6 nitrogen and oxygen atoms in total. The monoisotopic (exact) mass is 362 g/mol. The second-order valence-corrected chi connectivity index (χ2v) is 6.16. The van der Waals surface area contributed by atoms with E-state index in [1.807, 2.05) is 0 Å². The third-order valence-electron chi connectivity index (χ3n) is 3.74. The molecule has 0 aliphatic rings. The number of nitrogens with one attached hydrogen (secondary N) is 2. The van der Waals surface area contributed by atoms with Gasteiger partial charge in [-0.3, -0.25) is 9.59 Å². The summed E-state index contributed by atoms with van der Waals surface area (Å²) in [5.74, 6) is -1.32. The van der Waals surface area contributed by atoms with Crippen molar-refractivity contribution in [3.8, 4) is 0 Å². The molecule has 7 heteroatoms. The lowest BCUT2D eigenvalue weighted by Crippen LogP contribution is -2.30. The van der Waals surface area contributed by atoms with Gasteiger partial charge in [0, 0.05) is 22.0 Å². The number of aryl methyl sites for hydroxylation is 1. The van der Waals surface area contributed by atoms with Crippen LogP contribution in [-0.4, -0.2) is 28.7 Å². The molecule has 0 fully saturated rings. The summed E-state index contributed by atoms with van der Waals surface area (Å²) >= 11 is 5.86. The number of esters is 1. The summed E-state index contributed by atoms with van der Waals surface area (Å²) < 4.78 is 5.20. The predicted molar refractivity (Wildman–Crippen MR) is 95.2 cm³/mol. The van der Waals surface area contributed by atoms with Gasteiger partial charge in [-0.25, -0.2) is 4.79 Å². The fraction of sp³-hybridized carbons (Fsp3) is 0.278. The summed E-state index contributed by atoms with van der Waals surface area (Å²) in [5, 5.41) is 3.11. The minimum Gasteiger partial charge on any atom is -0.448 e. The van der Waals surface area contributed by atoms with Crippen molar-refractivity contribution in [3.63, 3.8) is 0 Å². The molecule has 1 aromatic carbocycles. The van der Waals surface area contributed by atoms with Crippen LogP contribution in [0, 0.1) is 13.8 Å². The molecule has 1 amide bonds. The molecule has 0 bridgehead atoms. The fourth-order valence-corrected chi connectivity index (χ4v) is 2.76. The van der Waals surface area contributed by atoms with Gasteiger partial charge in [-0.2, -0.15) is 0 Å². The molecule has 132 valence electrons. The van der Waals surface area contributed by atoms with Crippen molar-refractivity contribution in [1.29, 1.82) is 0 Å². The normalized spacial score (nSPS) is 11.7. The van der Waals surface area contributed by atoms with Crippen LogP contribution in [0.5, 0.6) is 0 Å². The highest BCUT2D eigenvalue weighted by molar-refractivity contribution is 6.30. The number of halogens is 1. The first kappa shape index (κ1) is 18.7. The quantitative estimate of drug-likeness (QED) is 0.627. The largest absolute Gasteiger partial charge is 0.448 e. The van der Waals surface area contributed by atoms with E-state index in [4.69, 9.17) is 16.3 Å². The van der Waals surface area contributed by atoms with Crippen LogP contribution in [0.2, 0.25) is 5.02 Å². The number of aromatic amines is 1. The van der Waals surface area contributed by atoms with E-state index in [9.17, 15) is 14.4 Å². The lowest BCUT2D eigenvalue weighted by Gasteiger charge is -2.13. The summed E-state index contributed by atoms with van der Waals surface area (Å²) in [5.41, 5.74) is 2.24. The topological polar surface area (TPSA) is 88.3 Å². The number of anilines is 1. The van der Waals surface area contributed by atoms with Crippen LogP contribution in [-0.2, 0) is 9.53 Å². The zero-order valence-electron chi connectivity index (χ0n) is 14.4. The molecule has 0 aliphatic heterocycles. The highest BCUT2D eigenvalue weighted by Gasteiger charge is 2.24. The Kier molecular flexibility index (Phi) is 5.64. The molecule has 1 heterocycles. The average Bonchev–Trinajstić information content (AvgIpc) is 2.82. The van der Waals surface area contributed by atoms with Crippen molar-refractivity contribution in [2.24, 2.45) is 0 Å². The van der Waals surface area contributed by atoms with Gasteiger partial charge in [-0.15, -0.1) is 0 Å². The Labute approximate surface area is 150 Å². The molecular formula is C18H19ClN2O4. The molecule has 0 saturated carbocycles. The molecule has 2 rings (SSSR count). The number of H-pyrrole nitrogens is 1. The summed E-state index contributed by atoms with van der Waals surface area (Å²) in [6.07, 6.45) is -1.02.